The number of aromatic nitrogens is 3. The van der Waals surface area contributed by atoms with Crippen molar-refractivity contribution < 1.29 is 0 Å². The van der Waals surface area contributed by atoms with Crippen molar-refractivity contribution in [1.29, 1.82) is 0 Å². The van der Waals surface area contributed by atoms with Crippen molar-refractivity contribution in [3.63, 3.8) is 0 Å². The first kappa shape index (κ1) is 13.2. The van der Waals surface area contributed by atoms with Crippen molar-refractivity contribution in [1.82, 2.24) is 20.3 Å². The molecule has 0 amide bonds. The molecular weight excluding hydrogens is 200 g/mol. The highest BCUT2D eigenvalue weighted by Crippen LogP contribution is 2.24. The monoisotopic (exact) mass is 224 g/mol. The summed E-state index contributed by atoms with van der Waals surface area (Å²) in [7, 11) is 1.92. The van der Waals surface area contributed by atoms with Gasteiger partial charge in [0.2, 0.25) is 0 Å². The molecule has 0 aliphatic heterocycles. The van der Waals surface area contributed by atoms with Gasteiger partial charge in [-0.25, -0.2) is 0 Å². The van der Waals surface area contributed by atoms with Crippen molar-refractivity contribution in [2.24, 2.45) is 18.4 Å². The summed E-state index contributed by atoms with van der Waals surface area (Å²) in [4.78, 5) is 0. The van der Waals surface area contributed by atoms with E-state index in [0.717, 1.165) is 24.7 Å². The fourth-order valence-electron chi connectivity index (χ4n) is 2.18. The lowest BCUT2D eigenvalue weighted by atomic mass is 9.84. The van der Waals surface area contributed by atoms with Crippen LogP contribution in [0.2, 0.25) is 0 Å². The van der Waals surface area contributed by atoms with Crippen LogP contribution in [0.4, 0.5) is 0 Å². The van der Waals surface area contributed by atoms with E-state index in [-0.39, 0.29) is 0 Å². The standard InChI is InChI=1S/C12H24N4/c1-10(2)6-12(3,4)9-13-7-11-8-14-15-16(11)5/h8,10,13H,6-7,9H2,1-5H3. The fourth-order valence-corrected chi connectivity index (χ4v) is 2.18. The topological polar surface area (TPSA) is 42.7 Å². The maximum Gasteiger partial charge on any atom is 0.0738 e. The number of nitrogens with one attached hydrogen (secondary N) is 1. The zero-order valence-electron chi connectivity index (χ0n) is 11.1. The van der Waals surface area contributed by atoms with E-state index in [2.05, 4.69) is 43.3 Å². The third-order valence-electron chi connectivity index (χ3n) is 2.68. The lowest BCUT2D eigenvalue weighted by molar-refractivity contribution is 0.272. The predicted molar refractivity (Wildman–Crippen MR) is 65.9 cm³/mol. The number of aryl methyl sites for hydroxylation is 1. The highest BCUT2D eigenvalue weighted by molar-refractivity contribution is 4.92. The molecule has 0 aromatic carbocycles. The molecule has 1 rings (SSSR count). The number of rotatable bonds is 6. The van der Waals surface area contributed by atoms with Gasteiger partial charge in [0.25, 0.3) is 0 Å². The molecule has 0 bridgehead atoms. The van der Waals surface area contributed by atoms with Crippen LogP contribution in [0, 0.1) is 11.3 Å². The fraction of sp³-hybridized carbons (Fsp3) is 0.833. The Bertz CT molecular complexity index is 315. The average molecular weight is 224 g/mol. The van der Waals surface area contributed by atoms with Crippen LogP contribution in [0.25, 0.3) is 0 Å². The minimum absolute atomic E-state index is 0.347. The largest absolute Gasteiger partial charge is 0.311 e. The Kier molecular flexibility index (Phi) is 4.47. The Morgan fingerprint density at radius 1 is 1.44 bits per heavy atom. The maximum absolute atomic E-state index is 3.91. The first-order valence-corrected chi connectivity index (χ1v) is 5.95. The summed E-state index contributed by atoms with van der Waals surface area (Å²) in [6.07, 6.45) is 3.05. The molecule has 0 radical (unpaired) electrons. The quantitative estimate of drug-likeness (QED) is 0.803. The van der Waals surface area contributed by atoms with Gasteiger partial charge in [-0.2, -0.15) is 0 Å². The molecule has 4 heteroatoms. The van der Waals surface area contributed by atoms with E-state index in [1.165, 1.54) is 6.42 Å². The van der Waals surface area contributed by atoms with E-state index in [9.17, 15) is 0 Å². The van der Waals surface area contributed by atoms with Gasteiger partial charge < -0.3 is 5.32 Å². The summed E-state index contributed by atoms with van der Waals surface area (Å²) in [6, 6.07) is 0. The number of nitrogens with zero attached hydrogens (tertiary/aromatic N) is 3. The first-order chi connectivity index (χ1) is 7.41. The van der Waals surface area contributed by atoms with Crippen molar-refractivity contribution in [2.45, 2.75) is 40.7 Å². The molecule has 1 N–H and O–H groups in total. The zero-order valence-corrected chi connectivity index (χ0v) is 11.1. The van der Waals surface area contributed by atoms with Gasteiger partial charge in [0, 0.05) is 20.1 Å². The summed E-state index contributed by atoms with van der Waals surface area (Å²) in [5, 5.41) is 11.2. The molecule has 1 aromatic heterocycles. The Labute approximate surface area is 98.4 Å². The normalized spacial score (nSPS) is 12.4. The van der Waals surface area contributed by atoms with E-state index < -0.39 is 0 Å². The minimum atomic E-state index is 0.347. The van der Waals surface area contributed by atoms with Crippen LogP contribution >= 0.6 is 0 Å². The molecule has 0 fully saturated rings. The first-order valence-electron chi connectivity index (χ1n) is 5.95. The van der Waals surface area contributed by atoms with E-state index in [0.29, 0.717) is 5.41 Å². The SMILES string of the molecule is CC(C)CC(C)(C)CNCc1cnnn1C. The third kappa shape index (κ3) is 4.31. The van der Waals surface area contributed by atoms with Crippen LogP contribution in [0.5, 0.6) is 0 Å². The second kappa shape index (κ2) is 5.43. The number of hydrogen-bond acceptors (Lipinski definition) is 3. The Morgan fingerprint density at radius 3 is 2.62 bits per heavy atom. The molecule has 1 heterocycles. The van der Waals surface area contributed by atoms with Gasteiger partial charge in [0.15, 0.2) is 0 Å². The molecule has 1 aromatic rings. The molecule has 4 nitrogen and oxygen atoms in total. The van der Waals surface area contributed by atoms with Crippen LogP contribution in [0.3, 0.4) is 0 Å². The van der Waals surface area contributed by atoms with E-state index >= 15 is 0 Å². The van der Waals surface area contributed by atoms with Gasteiger partial charge in [-0.15, -0.1) is 5.10 Å². The minimum Gasteiger partial charge on any atom is -0.311 e. The molecule has 0 atom stereocenters. The van der Waals surface area contributed by atoms with Crippen LogP contribution < -0.4 is 5.32 Å². The molecule has 16 heavy (non-hydrogen) atoms. The highest BCUT2D eigenvalue weighted by atomic mass is 15.4. The summed E-state index contributed by atoms with van der Waals surface area (Å²) in [5.74, 6) is 0.746. The molecule has 0 saturated carbocycles. The van der Waals surface area contributed by atoms with Gasteiger partial charge >= 0.3 is 0 Å². The summed E-state index contributed by atoms with van der Waals surface area (Å²) >= 11 is 0. The third-order valence-corrected chi connectivity index (χ3v) is 2.68. The van der Waals surface area contributed by atoms with E-state index in [1.54, 1.807) is 0 Å². The molecule has 0 saturated heterocycles. The molecule has 92 valence electrons. The predicted octanol–water partition coefficient (Wildman–Crippen LogP) is 1.98. The maximum atomic E-state index is 3.91. The van der Waals surface area contributed by atoms with Gasteiger partial charge in [-0.3, -0.25) is 4.68 Å². The number of hydrogen-bond donors (Lipinski definition) is 1. The van der Waals surface area contributed by atoms with Gasteiger partial charge in [0.05, 0.1) is 11.9 Å². The summed E-state index contributed by atoms with van der Waals surface area (Å²) in [6.45, 7) is 11.0. The molecule has 0 aliphatic rings. The Morgan fingerprint density at radius 2 is 2.12 bits per heavy atom. The van der Waals surface area contributed by atoms with Gasteiger partial charge in [-0.05, 0) is 17.8 Å². The second-order valence-electron chi connectivity index (χ2n) is 5.71. The highest BCUT2D eigenvalue weighted by Gasteiger charge is 2.18. The van der Waals surface area contributed by atoms with Crippen molar-refractivity contribution >= 4 is 0 Å². The molecule has 0 unspecified atom stereocenters. The average Bonchev–Trinajstić information content (AvgIpc) is 2.49. The van der Waals surface area contributed by atoms with Crippen LogP contribution in [-0.2, 0) is 13.6 Å². The van der Waals surface area contributed by atoms with E-state index in [1.807, 2.05) is 17.9 Å². The Balaban J connectivity index is 2.32. The van der Waals surface area contributed by atoms with Crippen LogP contribution in [0.1, 0.15) is 39.8 Å². The van der Waals surface area contributed by atoms with E-state index in [4.69, 9.17) is 0 Å². The lowest BCUT2D eigenvalue weighted by Crippen LogP contribution is -2.30. The summed E-state index contributed by atoms with van der Waals surface area (Å²) < 4.78 is 1.81. The smallest absolute Gasteiger partial charge is 0.0738 e. The lowest BCUT2D eigenvalue weighted by Gasteiger charge is -2.27. The van der Waals surface area contributed by atoms with Crippen molar-refractivity contribution in [2.75, 3.05) is 6.54 Å². The van der Waals surface area contributed by atoms with Crippen molar-refractivity contribution in [3.05, 3.63) is 11.9 Å². The van der Waals surface area contributed by atoms with Gasteiger partial charge in [-0.1, -0.05) is 32.9 Å². The van der Waals surface area contributed by atoms with Crippen LogP contribution in [0.15, 0.2) is 6.20 Å². The van der Waals surface area contributed by atoms with Crippen LogP contribution in [-0.4, -0.2) is 21.5 Å². The molecule has 0 spiro atoms. The van der Waals surface area contributed by atoms with Gasteiger partial charge in [0.1, 0.15) is 0 Å². The zero-order chi connectivity index (χ0) is 12.2. The van der Waals surface area contributed by atoms with Crippen molar-refractivity contribution in [3.8, 4) is 0 Å². The molecule has 0 aliphatic carbocycles. The summed E-state index contributed by atoms with van der Waals surface area (Å²) in [5.41, 5.74) is 1.47. The second-order valence-corrected chi connectivity index (χ2v) is 5.71. The molecular formula is C12H24N4. The Hall–Kier alpha value is -0.900.